The van der Waals surface area contributed by atoms with Crippen LogP contribution in [0.15, 0.2) is 24.5 Å². The molecule has 1 N–H and O–H groups in total. The van der Waals surface area contributed by atoms with Crippen LogP contribution in [0.3, 0.4) is 0 Å². The Hall–Kier alpha value is -2.45. The molecule has 1 saturated heterocycles. The third-order valence-electron chi connectivity index (χ3n) is 4.10. The van der Waals surface area contributed by atoms with Crippen LogP contribution >= 0.6 is 0 Å². The first-order valence-electron chi connectivity index (χ1n) is 7.43. The fraction of sp³-hybridized carbons (Fsp3) is 0.375. The third kappa shape index (κ3) is 3.49. The zero-order valence-electron chi connectivity index (χ0n) is 13.1. The number of halogens is 5. The smallest absolute Gasteiger partial charge is 0.357 e. The van der Waals surface area contributed by atoms with Gasteiger partial charge in [-0.3, -0.25) is 9.78 Å². The molecule has 2 aromatic heterocycles. The van der Waals surface area contributed by atoms with Gasteiger partial charge in [0.05, 0.1) is 13.1 Å². The van der Waals surface area contributed by atoms with Crippen LogP contribution in [-0.2, 0) is 12.6 Å². The van der Waals surface area contributed by atoms with Crippen molar-refractivity contribution in [2.24, 2.45) is 0 Å². The number of aromatic amines is 1. The molecule has 1 aliphatic rings. The lowest BCUT2D eigenvalue weighted by Gasteiger charge is -2.38. The minimum absolute atomic E-state index is 0.213. The quantitative estimate of drug-likeness (QED) is 0.854. The van der Waals surface area contributed by atoms with Gasteiger partial charge in [0, 0.05) is 18.8 Å². The number of hydrogen-bond donors (Lipinski definition) is 1. The number of alkyl halides is 5. The summed E-state index contributed by atoms with van der Waals surface area (Å²) in [4.78, 5) is 19.4. The zero-order chi connectivity index (χ0) is 18.4. The molecule has 0 unspecified atom stereocenters. The van der Waals surface area contributed by atoms with Gasteiger partial charge in [0.25, 0.3) is 11.8 Å². The van der Waals surface area contributed by atoms with Crippen LogP contribution in [0.4, 0.5) is 22.0 Å². The van der Waals surface area contributed by atoms with E-state index in [-0.39, 0.29) is 12.1 Å². The number of pyridine rings is 1. The molecule has 0 spiro atoms. The second-order valence-electron chi connectivity index (χ2n) is 6.06. The van der Waals surface area contributed by atoms with Gasteiger partial charge in [-0.2, -0.15) is 13.2 Å². The summed E-state index contributed by atoms with van der Waals surface area (Å²) in [5, 5.41) is 0. The van der Waals surface area contributed by atoms with Crippen LogP contribution < -0.4 is 0 Å². The zero-order valence-corrected chi connectivity index (χ0v) is 13.1. The summed E-state index contributed by atoms with van der Waals surface area (Å²) in [6.45, 7) is 0.444. The first kappa shape index (κ1) is 17.4. The lowest BCUT2D eigenvalue weighted by molar-refractivity contribution is -0.141. The van der Waals surface area contributed by atoms with Crippen LogP contribution in [0.2, 0.25) is 0 Å². The fourth-order valence-corrected chi connectivity index (χ4v) is 2.67. The van der Waals surface area contributed by atoms with Crippen molar-refractivity contribution in [2.45, 2.75) is 25.4 Å². The van der Waals surface area contributed by atoms with Crippen LogP contribution in [0.25, 0.3) is 0 Å². The molecule has 2 aromatic rings. The number of carbonyl (C=O) groups excluding carboxylic acids is 1. The van der Waals surface area contributed by atoms with Crippen LogP contribution in [0.5, 0.6) is 0 Å². The van der Waals surface area contributed by atoms with Gasteiger partial charge in [0.2, 0.25) is 0 Å². The molecule has 25 heavy (non-hydrogen) atoms. The maximum Gasteiger partial charge on any atom is 0.433 e. The summed E-state index contributed by atoms with van der Waals surface area (Å²) in [6, 6.07) is 2.21. The molecule has 0 radical (unpaired) electrons. The molecule has 1 fully saturated rings. The highest BCUT2D eigenvalue weighted by Crippen LogP contribution is 2.30. The van der Waals surface area contributed by atoms with Crippen LogP contribution in [0, 0.1) is 6.92 Å². The van der Waals surface area contributed by atoms with Crippen molar-refractivity contribution in [2.75, 3.05) is 13.1 Å². The Balaban J connectivity index is 1.72. The summed E-state index contributed by atoms with van der Waals surface area (Å²) >= 11 is 0. The normalized spacial score (nSPS) is 16.6. The van der Waals surface area contributed by atoms with Crippen molar-refractivity contribution < 1.29 is 26.7 Å². The summed E-state index contributed by atoms with van der Waals surface area (Å²) < 4.78 is 63.3. The number of rotatable bonds is 3. The van der Waals surface area contributed by atoms with E-state index in [2.05, 4.69) is 9.97 Å². The Kier molecular flexibility index (Phi) is 4.04. The molecule has 4 nitrogen and oxygen atoms in total. The maximum atomic E-state index is 12.9. The molecule has 0 bridgehead atoms. The van der Waals surface area contributed by atoms with Crippen molar-refractivity contribution in [3.05, 3.63) is 52.6 Å². The van der Waals surface area contributed by atoms with E-state index in [1.165, 1.54) is 6.07 Å². The predicted molar refractivity (Wildman–Crippen MR) is 78.4 cm³/mol. The molecule has 0 saturated carbocycles. The van der Waals surface area contributed by atoms with E-state index in [0.717, 1.165) is 17.2 Å². The number of hydrogen-bond acceptors (Lipinski definition) is 2. The van der Waals surface area contributed by atoms with Crippen LogP contribution in [0.1, 0.15) is 32.9 Å². The van der Waals surface area contributed by atoms with Gasteiger partial charge in [0.15, 0.2) is 0 Å². The minimum Gasteiger partial charge on any atom is -0.357 e. The van der Waals surface area contributed by atoms with E-state index in [4.69, 9.17) is 0 Å². The van der Waals surface area contributed by atoms with E-state index >= 15 is 0 Å². The first-order valence-corrected chi connectivity index (χ1v) is 7.43. The summed E-state index contributed by atoms with van der Waals surface area (Å²) in [5.41, 5.74) is 1.06. The third-order valence-corrected chi connectivity index (χ3v) is 4.10. The number of nitrogens with zero attached hydrogens (tertiary/aromatic N) is 2. The Morgan fingerprint density at radius 3 is 2.52 bits per heavy atom. The maximum absolute atomic E-state index is 12.9. The molecule has 3 rings (SSSR count). The molecule has 1 aliphatic heterocycles. The molecule has 3 heterocycles. The fourth-order valence-electron chi connectivity index (χ4n) is 2.67. The van der Waals surface area contributed by atoms with Gasteiger partial charge in [-0.1, -0.05) is 6.07 Å². The van der Waals surface area contributed by atoms with Gasteiger partial charge >= 0.3 is 6.18 Å². The monoisotopic (exact) mass is 359 g/mol. The minimum atomic E-state index is -4.50. The van der Waals surface area contributed by atoms with Gasteiger partial charge in [-0.15, -0.1) is 0 Å². The largest absolute Gasteiger partial charge is 0.433 e. The molecular weight excluding hydrogens is 345 g/mol. The topological polar surface area (TPSA) is 49.0 Å². The van der Waals surface area contributed by atoms with Crippen molar-refractivity contribution in [1.82, 2.24) is 14.9 Å². The van der Waals surface area contributed by atoms with Crippen molar-refractivity contribution in [1.29, 1.82) is 0 Å². The van der Waals surface area contributed by atoms with E-state index in [9.17, 15) is 26.7 Å². The van der Waals surface area contributed by atoms with Crippen molar-refractivity contribution in [3.8, 4) is 0 Å². The van der Waals surface area contributed by atoms with E-state index in [0.29, 0.717) is 16.7 Å². The molecule has 1 amide bonds. The highest BCUT2D eigenvalue weighted by molar-refractivity contribution is 5.95. The average molecular weight is 359 g/mol. The second-order valence-corrected chi connectivity index (χ2v) is 6.06. The lowest BCUT2D eigenvalue weighted by atomic mass is 10.0. The highest BCUT2D eigenvalue weighted by Gasteiger charge is 2.46. The lowest BCUT2D eigenvalue weighted by Crippen LogP contribution is -2.58. The number of likely N-dealkylation sites (tertiary alicyclic amines) is 1. The SMILES string of the molecule is Cc1c(Cc2ccc(C(F)(F)F)nc2)c[nH]c1C(=O)N1CC(F)(F)C1. The van der Waals surface area contributed by atoms with Gasteiger partial charge in [-0.05, 0) is 29.7 Å². The predicted octanol–water partition coefficient (Wildman–Crippen LogP) is 3.42. The molecule has 0 aromatic carbocycles. The van der Waals surface area contributed by atoms with Crippen molar-refractivity contribution >= 4 is 5.91 Å². The molecule has 0 atom stereocenters. The molecular formula is C16H14F5N3O. The van der Waals surface area contributed by atoms with E-state index < -0.39 is 36.8 Å². The Morgan fingerprint density at radius 1 is 1.32 bits per heavy atom. The van der Waals surface area contributed by atoms with Crippen LogP contribution in [-0.4, -0.2) is 39.8 Å². The average Bonchev–Trinajstić information content (AvgIpc) is 2.85. The second kappa shape index (κ2) is 5.82. The summed E-state index contributed by atoms with van der Waals surface area (Å²) in [6.07, 6.45) is -1.54. The number of carbonyl (C=O) groups is 1. The van der Waals surface area contributed by atoms with Gasteiger partial charge < -0.3 is 9.88 Å². The highest BCUT2D eigenvalue weighted by atomic mass is 19.4. The summed E-state index contributed by atoms with van der Waals surface area (Å²) in [7, 11) is 0. The number of amides is 1. The standard InChI is InChI=1S/C16H14F5N3O/c1-9-11(4-10-2-3-12(22-5-10)16(19,20)21)6-23-13(9)14(25)24-7-15(17,18)8-24/h2-3,5-6,23H,4,7-8H2,1H3. The van der Waals surface area contributed by atoms with Crippen molar-refractivity contribution in [3.63, 3.8) is 0 Å². The molecule has 9 heteroatoms. The van der Waals surface area contributed by atoms with Gasteiger partial charge in [0.1, 0.15) is 11.4 Å². The first-order chi connectivity index (χ1) is 11.6. The van der Waals surface area contributed by atoms with Gasteiger partial charge in [-0.25, -0.2) is 8.78 Å². The summed E-state index contributed by atoms with van der Waals surface area (Å²) in [5.74, 6) is -3.36. The van der Waals surface area contributed by atoms with E-state index in [1.807, 2.05) is 0 Å². The molecule has 134 valence electrons. The Morgan fingerprint density at radius 2 is 2.00 bits per heavy atom. The number of nitrogens with one attached hydrogen (secondary N) is 1. The Bertz CT molecular complexity index is 787. The number of H-pyrrole nitrogens is 1. The number of aromatic nitrogens is 2. The Labute approximate surface area is 139 Å². The van der Waals surface area contributed by atoms with E-state index in [1.54, 1.807) is 13.1 Å². The molecule has 0 aliphatic carbocycles.